The van der Waals surface area contributed by atoms with Crippen LogP contribution in [0.3, 0.4) is 0 Å². The van der Waals surface area contributed by atoms with Crippen molar-refractivity contribution in [3.8, 4) is 5.75 Å². The van der Waals surface area contributed by atoms with Gasteiger partial charge in [0.05, 0.1) is 0 Å². The van der Waals surface area contributed by atoms with Gasteiger partial charge in [0.15, 0.2) is 0 Å². The molecule has 0 spiro atoms. The Kier molecular flexibility index (Phi) is 7.63. The monoisotopic (exact) mass is 402 g/mol. The Morgan fingerprint density at radius 1 is 1.00 bits per heavy atom. The number of benzene rings is 3. The number of ether oxygens (including phenoxy) is 1. The third-order valence-corrected chi connectivity index (χ3v) is 5.19. The van der Waals surface area contributed by atoms with E-state index in [1.165, 1.54) is 5.56 Å². The molecule has 30 heavy (non-hydrogen) atoms. The number of anilines is 1. The van der Waals surface area contributed by atoms with Gasteiger partial charge in [0.1, 0.15) is 11.9 Å². The average molecular weight is 403 g/mol. The SMILES string of the molecule is CCCCC(Oc1cccc(N(C)C(=O)c2cccc(CN)c2)c1)c1ccccc1. The number of hydrogen-bond acceptors (Lipinski definition) is 3. The molecule has 1 unspecified atom stereocenters. The van der Waals surface area contributed by atoms with Crippen molar-refractivity contribution in [2.75, 3.05) is 11.9 Å². The van der Waals surface area contributed by atoms with Crippen molar-refractivity contribution in [1.29, 1.82) is 0 Å². The van der Waals surface area contributed by atoms with Gasteiger partial charge in [0.2, 0.25) is 0 Å². The molecule has 1 atom stereocenters. The van der Waals surface area contributed by atoms with E-state index in [0.29, 0.717) is 12.1 Å². The van der Waals surface area contributed by atoms with E-state index >= 15 is 0 Å². The maximum Gasteiger partial charge on any atom is 0.258 e. The van der Waals surface area contributed by atoms with Gasteiger partial charge in [-0.25, -0.2) is 0 Å². The highest BCUT2D eigenvalue weighted by atomic mass is 16.5. The summed E-state index contributed by atoms with van der Waals surface area (Å²) < 4.78 is 6.36. The van der Waals surface area contributed by atoms with Crippen LogP contribution in [-0.2, 0) is 6.54 Å². The van der Waals surface area contributed by atoms with E-state index in [-0.39, 0.29) is 12.0 Å². The molecule has 3 aromatic rings. The quantitative estimate of drug-likeness (QED) is 0.497. The van der Waals surface area contributed by atoms with Gasteiger partial charge in [-0.3, -0.25) is 4.79 Å². The van der Waals surface area contributed by atoms with E-state index in [2.05, 4.69) is 19.1 Å². The minimum absolute atomic E-state index is 0.0105. The minimum atomic E-state index is -0.0759. The fraction of sp³-hybridized carbons (Fsp3) is 0.269. The Bertz CT molecular complexity index is 956. The van der Waals surface area contributed by atoms with Gasteiger partial charge < -0.3 is 15.4 Å². The third-order valence-electron chi connectivity index (χ3n) is 5.19. The fourth-order valence-electron chi connectivity index (χ4n) is 3.42. The zero-order valence-corrected chi connectivity index (χ0v) is 17.8. The normalized spacial score (nSPS) is 11.7. The van der Waals surface area contributed by atoms with E-state index in [4.69, 9.17) is 10.5 Å². The molecule has 2 N–H and O–H groups in total. The van der Waals surface area contributed by atoms with Gasteiger partial charge in [0.25, 0.3) is 5.91 Å². The molecule has 0 saturated carbocycles. The van der Waals surface area contributed by atoms with Gasteiger partial charge in [0, 0.05) is 30.9 Å². The Labute approximate surface area is 179 Å². The summed E-state index contributed by atoms with van der Waals surface area (Å²) in [5.41, 5.74) is 9.23. The van der Waals surface area contributed by atoms with Crippen LogP contribution >= 0.6 is 0 Å². The Hall–Kier alpha value is -3.11. The van der Waals surface area contributed by atoms with Crippen LogP contribution in [0.5, 0.6) is 5.75 Å². The smallest absolute Gasteiger partial charge is 0.258 e. The van der Waals surface area contributed by atoms with Crippen molar-refractivity contribution >= 4 is 11.6 Å². The second kappa shape index (κ2) is 10.6. The van der Waals surface area contributed by atoms with E-state index in [1.54, 1.807) is 11.9 Å². The van der Waals surface area contributed by atoms with E-state index in [9.17, 15) is 4.79 Å². The van der Waals surface area contributed by atoms with Crippen molar-refractivity contribution in [2.45, 2.75) is 38.8 Å². The lowest BCUT2D eigenvalue weighted by atomic mass is 10.0. The second-order valence-corrected chi connectivity index (χ2v) is 7.43. The molecule has 4 nitrogen and oxygen atoms in total. The zero-order valence-electron chi connectivity index (χ0n) is 17.8. The Balaban J connectivity index is 1.79. The number of rotatable bonds is 9. The maximum atomic E-state index is 13.0. The van der Waals surface area contributed by atoms with Crippen LogP contribution in [0.25, 0.3) is 0 Å². The first-order chi connectivity index (χ1) is 14.6. The van der Waals surface area contributed by atoms with Crippen LogP contribution in [0, 0.1) is 0 Å². The number of amides is 1. The number of nitrogens with two attached hydrogens (primary N) is 1. The van der Waals surface area contributed by atoms with Crippen LogP contribution in [0.4, 0.5) is 5.69 Å². The summed E-state index contributed by atoms with van der Waals surface area (Å²) in [5.74, 6) is 0.681. The average Bonchev–Trinajstić information content (AvgIpc) is 2.81. The molecule has 3 aromatic carbocycles. The summed E-state index contributed by atoms with van der Waals surface area (Å²) in [6.45, 7) is 2.59. The lowest BCUT2D eigenvalue weighted by molar-refractivity contribution is 0.0993. The van der Waals surface area contributed by atoms with Crippen LogP contribution < -0.4 is 15.4 Å². The first-order valence-corrected chi connectivity index (χ1v) is 10.5. The molecule has 156 valence electrons. The molecule has 0 bridgehead atoms. The van der Waals surface area contributed by atoms with E-state index in [0.717, 1.165) is 36.3 Å². The van der Waals surface area contributed by atoms with Gasteiger partial charge in [-0.15, -0.1) is 0 Å². The molecule has 0 radical (unpaired) electrons. The Morgan fingerprint density at radius 3 is 2.50 bits per heavy atom. The zero-order chi connectivity index (χ0) is 21.3. The molecule has 3 rings (SSSR count). The molecule has 0 fully saturated rings. The molecule has 0 heterocycles. The van der Waals surface area contributed by atoms with Crippen LogP contribution in [0.15, 0.2) is 78.9 Å². The number of unbranched alkanes of at least 4 members (excludes halogenated alkanes) is 1. The largest absolute Gasteiger partial charge is 0.486 e. The minimum Gasteiger partial charge on any atom is -0.486 e. The highest BCUT2D eigenvalue weighted by Crippen LogP contribution is 2.29. The van der Waals surface area contributed by atoms with Crippen LogP contribution in [0.2, 0.25) is 0 Å². The number of carbonyl (C=O) groups excluding carboxylic acids is 1. The van der Waals surface area contributed by atoms with Gasteiger partial charge in [-0.2, -0.15) is 0 Å². The summed E-state index contributed by atoms with van der Waals surface area (Å²) in [6.07, 6.45) is 3.15. The van der Waals surface area contributed by atoms with Crippen molar-refractivity contribution in [3.05, 3.63) is 95.6 Å². The lowest BCUT2D eigenvalue weighted by Crippen LogP contribution is -2.26. The predicted molar refractivity (Wildman–Crippen MR) is 123 cm³/mol. The molecular formula is C26H30N2O2. The maximum absolute atomic E-state index is 13.0. The molecule has 0 aliphatic heterocycles. The third kappa shape index (κ3) is 5.49. The van der Waals surface area contributed by atoms with Crippen LogP contribution in [-0.4, -0.2) is 13.0 Å². The number of nitrogens with zero attached hydrogens (tertiary/aromatic N) is 1. The summed E-state index contributed by atoms with van der Waals surface area (Å²) in [6, 6.07) is 25.4. The first-order valence-electron chi connectivity index (χ1n) is 10.5. The highest BCUT2D eigenvalue weighted by molar-refractivity contribution is 6.05. The molecule has 4 heteroatoms. The topological polar surface area (TPSA) is 55.6 Å². The number of hydrogen-bond donors (Lipinski definition) is 1. The van der Waals surface area contributed by atoms with Crippen molar-refractivity contribution in [2.24, 2.45) is 5.73 Å². The summed E-state index contributed by atoms with van der Waals surface area (Å²) in [5, 5.41) is 0. The second-order valence-electron chi connectivity index (χ2n) is 7.43. The molecule has 1 amide bonds. The fourth-order valence-corrected chi connectivity index (χ4v) is 3.42. The Morgan fingerprint density at radius 2 is 1.77 bits per heavy atom. The molecular weight excluding hydrogens is 372 g/mol. The lowest BCUT2D eigenvalue weighted by Gasteiger charge is -2.22. The summed E-state index contributed by atoms with van der Waals surface area (Å²) >= 11 is 0. The van der Waals surface area contributed by atoms with E-state index in [1.807, 2.05) is 66.7 Å². The molecule has 0 aliphatic rings. The number of carbonyl (C=O) groups is 1. The van der Waals surface area contributed by atoms with Gasteiger partial charge in [-0.05, 0) is 48.2 Å². The van der Waals surface area contributed by atoms with Crippen molar-refractivity contribution < 1.29 is 9.53 Å². The standard InChI is InChI=1S/C26H30N2O2/c1-3-4-16-25(21-11-6-5-7-12-21)30-24-15-9-14-23(18-24)28(2)26(29)22-13-8-10-20(17-22)19-27/h5-15,17-18,25H,3-4,16,19,27H2,1-2H3. The van der Waals surface area contributed by atoms with Crippen LogP contribution in [0.1, 0.15) is 53.8 Å². The predicted octanol–water partition coefficient (Wildman–Crippen LogP) is 5.73. The first kappa shape index (κ1) is 21.6. The molecule has 0 aliphatic carbocycles. The van der Waals surface area contributed by atoms with Gasteiger partial charge in [-0.1, -0.05) is 61.9 Å². The molecule has 0 aromatic heterocycles. The summed E-state index contributed by atoms with van der Waals surface area (Å²) in [4.78, 5) is 14.6. The highest BCUT2D eigenvalue weighted by Gasteiger charge is 2.16. The van der Waals surface area contributed by atoms with E-state index < -0.39 is 0 Å². The van der Waals surface area contributed by atoms with Gasteiger partial charge >= 0.3 is 0 Å². The summed E-state index contributed by atoms with van der Waals surface area (Å²) in [7, 11) is 1.78. The van der Waals surface area contributed by atoms with Crippen molar-refractivity contribution in [3.63, 3.8) is 0 Å². The molecule has 0 saturated heterocycles. The van der Waals surface area contributed by atoms with Crippen molar-refractivity contribution in [1.82, 2.24) is 0 Å².